The van der Waals surface area contributed by atoms with Gasteiger partial charge in [-0.05, 0) is 37.0 Å². The average Bonchev–Trinajstić information content (AvgIpc) is 2.57. The molecule has 0 aromatic heterocycles. The molecule has 1 aromatic carbocycles. The molecule has 0 heterocycles. The fourth-order valence-corrected chi connectivity index (χ4v) is 3.14. The Balaban J connectivity index is 0.00000625. The van der Waals surface area contributed by atoms with E-state index in [2.05, 4.69) is 6.92 Å². The number of rotatable bonds is 14. The van der Waals surface area contributed by atoms with Gasteiger partial charge in [0.2, 0.25) is 0 Å². The smallest absolute Gasteiger partial charge is 0.744 e. The number of aliphatic hydroxyl groups is 1. The molecule has 7 heteroatoms. The van der Waals surface area contributed by atoms with E-state index in [0.29, 0.717) is 19.4 Å². The molecule has 1 unspecified atom stereocenters. The quantitative estimate of drug-likeness (QED) is 0.220. The van der Waals surface area contributed by atoms with E-state index in [0.717, 1.165) is 18.4 Å². The topological polar surface area (TPSA) is 86.7 Å². The minimum Gasteiger partial charge on any atom is -0.744 e. The van der Waals surface area contributed by atoms with Gasteiger partial charge in [-0.3, -0.25) is 0 Å². The molecule has 0 aliphatic heterocycles. The zero-order valence-electron chi connectivity index (χ0n) is 16.2. The second-order valence-corrected chi connectivity index (χ2v) is 7.82. The molecule has 5 nitrogen and oxygen atoms in total. The van der Waals surface area contributed by atoms with Crippen molar-refractivity contribution in [2.24, 2.45) is 0 Å². The molecule has 0 saturated carbocycles. The second kappa shape index (κ2) is 15.0. The van der Waals surface area contributed by atoms with Gasteiger partial charge in [0.25, 0.3) is 0 Å². The minimum absolute atomic E-state index is 0. The van der Waals surface area contributed by atoms with Crippen LogP contribution in [-0.4, -0.2) is 31.0 Å². The third-order valence-corrected chi connectivity index (χ3v) is 5.07. The van der Waals surface area contributed by atoms with Crippen LogP contribution in [0.15, 0.2) is 29.2 Å². The van der Waals surface area contributed by atoms with Crippen molar-refractivity contribution in [2.75, 3.05) is 6.61 Å². The number of aliphatic hydroxyl groups excluding tert-OH is 1. The summed E-state index contributed by atoms with van der Waals surface area (Å²) in [5.41, 5.74) is 0.867. The number of unbranched alkanes of at least 4 members (excludes halogenated alkanes) is 7. The fourth-order valence-electron chi connectivity index (χ4n) is 2.67. The van der Waals surface area contributed by atoms with Gasteiger partial charge >= 0.3 is 29.6 Å². The van der Waals surface area contributed by atoms with Gasteiger partial charge in [0.15, 0.2) is 6.29 Å². The van der Waals surface area contributed by atoms with Gasteiger partial charge in [0.1, 0.15) is 10.1 Å². The summed E-state index contributed by atoms with van der Waals surface area (Å²) < 4.78 is 37.9. The summed E-state index contributed by atoms with van der Waals surface area (Å²) in [6.45, 7) is 2.58. The van der Waals surface area contributed by atoms with Crippen LogP contribution >= 0.6 is 0 Å². The van der Waals surface area contributed by atoms with Crippen LogP contribution < -0.4 is 29.6 Å². The summed E-state index contributed by atoms with van der Waals surface area (Å²) in [7, 11) is -4.40. The normalized spacial score (nSPS) is 12.6. The predicted octanol–water partition coefficient (Wildman–Crippen LogP) is 1.00. The summed E-state index contributed by atoms with van der Waals surface area (Å²) in [5.74, 6) is 0. The van der Waals surface area contributed by atoms with Crippen molar-refractivity contribution >= 4 is 10.1 Å². The molecule has 0 radical (unpaired) electrons. The van der Waals surface area contributed by atoms with E-state index in [1.165, 1.54) is 50.7 Å². The first-order valence-corrected chi connectivity index (χ1v) is 10.7. The molecule has 26 heavy (non-hydrogen) atoms. The minimum atomic E-state index is -4.40. The molecule has 1 N–H and O–H groups in total. The van der Waals surface area contributed by atoms with Crippen molar-refractivity contribution in [3.05, 3.63) is 29.8 Å². The van der Waals surface area contributed by atoms with E-state index in [1.807, 2.05) is 0 Å². The van der Waals surface area contributed by atoms with Crippen molar-refractivity contribution in [1.82, 2.24) is 0 Å². The van der Waals surface area contributed by atoms with Gasteiger partial charge in [-0.25, -0.2) is 8.42 Å². The summed E-state index contributed by atoms with van der Waals surface area (Å²) in [6.07, 6.45) is 10.2. The number of hydrogen-bond acceptors (Lipinski definition) is 5. The van der Waals surface area contributed by atoms with Gasteiger partial charge in [0.05, 0.1) is 11.5 Å². The molecule has 0 aliphatic carbocycles. The Morgan fingerprint density at radius 3 is 2.08 bits per heavy atom. The molecule has 0 bridgehead atoms. The van der Waals surface area contributed by atoms with Crippen LogP contribution in [-0.2, 0) is 21.3 Å². The largest absolute Gasteiger partial charge is 1.00 e. The zero-order valence-corrected chi connectivity index (χ0v) is 19.0. The van der Waals surface area contributed by atoms with Gasteiger partial charge in [-0.2, -0.15) is 0 Å². The van der Waals surface area contributed by atoms with Crippen molar-refractivity contribution in [2.45, 2.75) is 82.3 Å². The van der Waals surface area contributed by atoms with E-state index < -0.39 is 16.4 Å². The van der Waals surface area contributed by atoms with Crippen LogP contribution in [0.3, 0.4) is 0 Å². The standard InChI is InChI=1S/C19H32O5S.Na/c1-2-3-4-5-6-7-8-9-10-19(20)24-16-15-17-11-13-18(14-12-17)25(21,22)23;/h11-14,19-20H,2-10,15-16H2,1H3,(H,21,22,23);/q;+1/p-1. The van der Waals surface area contributed by atoms with Crippen molar-refractivity contribution in [3.63, 3.8) is 0 Å². The summed E-state index contributed by atoms with van der Waals surface area (Å²) >= 11 is 0. The van der Waals surface area contributed by atoms with Crippen LogP contribution in [0.5, 0.6) is 0 Å². The first-order chi connectivity index (χ1) is 11.9. The Morgan fingerprint density at radius 1 is 1.00 bits per heavy atom. The van der Waals surface area contributed by atoms with E-state index >= 15 is 0 Å². The first-order valence-electron chi connectivity index (χ1n) is 9.28. The molecule has 1 aromatic rings. The van der Waals surface area contributed by atoms with E-state index in [1.54, 1.807) is 12.1 Å². The van der Waals surface area contributed by atoms with Crippen molar-refractivity contribution in [3.8, 4) is 0 Å². The van der Waals surface area contributed by atoms with Crippen LogP contribution in [0.2, 0.25) is 0 Å². The zero-order chi connectivity index (χ0) is 18.5. The molecular weight excluding hydrogens is 363 g/mol. The Labute approximate surface area is 180 Å². The average molecular weight is 395 g/mol. The maximum absolute atomic E-state index is 10.8. The molecular formula is C19H31NaO5S. The van der Waals surface area contributed by atoms with Crippen LogP contribution in [0, 0.1) is 0 Å². The van der Waals surface area contributed by atoms with Gasteiger partial charge in [0, 0.05) is 0 Å². The maximum Gasteiger partial charge on any atom is 1.00 e. The Hall–Kier alpha value is 0.0500. The van der Waals surface area contributed by atoms with Crippen LogP contribution in [0.1, 0.15) is 70.3 Å². The van der Waals surface area contributed by atoms with E-state index in [4.69, 9.17) is 4.74 Å². The third kappa shape index (κ3) is 12.4. The maximum atomic E-state index is 10.8. The number of benzene rings is 1. The van der Waals surface area contributed by atoms with Crippen LogP contribution in [0.25, 0.3) is 0 Å². The Morgan fingerprint density at radius 2 is 1.54 bits per heavy atom. The van der Waals surface area contributed by atoms with Crippen molar-refractivity contribution < 1.29 is 52.4 Å². The molecule has 0 fully saturated rings. The van der Waals surface area contributed by atoms with Gasteiger partial charge in [-0.15, -0.1) is 0 Å². The Kier molecular flexibility index (Phi) is 15.1. The first kappa shape index (κ1) is 26.1. The summed E-state index contributed by atoms with van der Waals surface area (Å²) in [6, 6.07) is 5.79. The Bertz CT molecular complexity index is 560. The molecule has 0 aliphatic rings. The van der Waals surface area contributed by atoms with E-state index in [-0.39, 0.29) is 34.5 Å². The molecule has 1 rings (SSSR count). The molecule has 1 atom stereocenters. The number of hydrogen-bond donors (Lipinski definition) is 1. The monoisotopic (exact) mass is 394 g/mol. The molecule has 0 spiro atoms. The third-order valence-electron chi connectivity index (χ3n) is 4.22. The van der Waals surface area contributed by atoms with Crippen molar-refractivity contribution in [1.29, 1.82) is 0 Å². The predicted molar refractivity (Wildman–Crippen MR) is 97.3 cm³/mol. The summed E-state index contributed by atoms with van der Waals surface area (Å²) in [4.78, 5) is -0.230. The molecule has 0 amide bonds. The van der Waals surface area contributed by atoms with E-state index in [9.17, 15) is 18.1 Å². The number of ether oxygens (including phenoxy) is 1. The SMILES string of the molecule is CCCCCCCCCCC(O)OCCc1ccc(S(=O)(=O)[O-])cc1.[Na+]. The van der Waals surface area contributed by atoms with Gasteiger partial charge < -0.3 is 14.4 Å². The fraction of sp³-hybridized carbons (Fsp3) is 0.684. The van der Waals surface area contributed by atoms with Gasteiger partial charge in [-0.1, -0.05) is 64.0 Å². The van der Waals surface area contributed by atoms with Crippen LogP contribution in [0.4, 0.5) is 0 Å². The summed E-state index contributed by atoms with van der Waals surface area (Å²) in [5, 5.41) is 9.81. The second-order valence-electron chi connectivity index (χ2n) is 6.44. The molecule has 0 saturated heterocycles. The molecule has 144 valence electrons.